The number of aromatic nitrogens is 3. The lowest BCUT2D eigenvalue weighted by Crippen LogP contribution is -2.09. The first-order valence-electron chi connectivity index (χ1n) is 18.7. The Morgan fingerprint density at radius 2 is 0.804 bits per heavy atom. The molecule has 0 aliphatic rings. The molecule has 0 spiro atoms. The van der Waals surface area contributed by atoms with Gasteiger partial charge in [-0.25, -0.2) is 15.0 Å². The van der Waals surface area contributed by atoms with Crippen LogP contribution in [0.2, 0.25) is 0 Å². The molecule has 5 heteroatoms. The largest absolute Gasteiger partial charge is 0.456 e. The molecule has 0 saturated heterocycles. The molecule has 0 radical (unpaired) electrons. The molecule has 0 aliphatic carbocycles. The summed E-state index contributed by atoms with van der Waals surface area (Å²) in [4.78, 5) is 17.5. The Morgan fingerprint density at radius 1 is 0.321 bits per heavy atom. The van der Waals surface area contributed by atoms with E-state index in [1.165, 1.54) is 5.56 Å². The average molecular weight is 719 g/mol. The Labute approximate surface area is 324 Å². The fraction of sp³-hybridized carbons (Fsp3) is 0. The number of nitrogens with zero attached hydrogens (tertiary/aromatic N) is 4. The summed E-state index contributed by atoms with van der Waals surface area (Å²) in [6.07, 6.45) is 0. The van der Waals surface area contributed by atoms with Gasteiger partial charge >= 0.3 is 0 Å². The molecule has 0 atom stereocenters. The number of anilines is 3. The van der Waals surface area contributed by atoms with Crippen LogP contribution < -0.4 is 4.90 Å². The van der Waals surface area contributed by atoms with Crippen LogP contribution in [0.5, 0.6) is 0 Å². The zero-order valence-electron chi connectivity index (χ0n) is 30.3. The molecule has 8 aromatic carbocycles. The molecule has 0 bridgehead atoms. The van der Waals surface area contributed by atoms with E-state index in [1.807, 2.05) is 60.7 Å². The van der Waals surface area contributed by atoms with Crippen molar-refractivity contribution in [3.05, 3.63) is 206 Å². The molecular formula is C51H34N4O. The molecule has 56 heavy (non-hydrogen) atoms. The molecule has 0 saturated carbocycles. The van der Waals surface area contributed by atoms with E-state index < -0.39 is 0 Å². The number of benzene rings is 8. The van der Waals surface area contributed by atoms with E-state index in [2.05, 4.69) is 150 Å². The quantitative estimate of drug-likeness (QED) is 0.157. The van der Waals surface area contributed by atoms with Crippen LogP contribution in [0.25, 0.3) is 78.4 Å². The van der Waals surface area contributed by atoms with E-state index in [0.717, 1.165) is 72.4 Å². The zero-order chi connectivity index (χ0) is 37.3. The second kappa shape index (κ2) is 14.3. The predicted molar refractivity (Wildman–Crippen MR) is 229 cm³/mol. The standard InChI is InChI=1S/C51H34N4O/c1-5-15-35(16-6-1)37-27-29-39(30-28-37)50-52-49(38-19-9-3-10-20-38)53-51(54-50)45-25-14-26-46-48(45)44-32-31-43(34-47(44)56-46)55(41-22-11-4-12-23-41)42-24-13-21-40(33-42)36-17-7-2-8-18-36/h1-34H. The van der Waals surface area contributed by atoms with E-state index in [1.54, 1.807) is 0 Å². The van der Waals surface area contributed by atoms with Crippen LogP contribution in [-0.4, -0.2) is 15.0 Å². The maximum atomic E-state index is 6.66. The third-order valence-electron chi connectivity index (χ3n) is 10.1. The van der Waals surface area contributed by atoms with Gasteiger partial charge in [-0.05, 0) is 64.7 Å². The molecule has 0 N–H and O–H groups in total. The van der Waals surface area contributed by atoms with E-state index in [4.69, 9.17) is 19.4 Å². The van der Waals surface area contributed by atoms with Gasteiger partial charge in [0, 0.05) is 50.6 Å². The van der Waals surface area contributed by atoms with Crippen molar-refractivity contribution < 1.29 is 4.42 Å². The lowest BCUT2D eigenvalue weighted by atomic mass is 10.0. The first-order chi connectivity index (χ1) is 27.7. The number of hydrogen-bond donors (Lipinski definition) is 0. The van der Waals surface area contributed by atoms with Crippen LogP contribution in [0.3, 0.4) is 0 Å². The monoisotopic (exact) mass is 718 g/mol. The Bertz CT molecular complexity index is 2950. The molecule has 264 valence electrons. The summed E-state index contributed by atoms with van der Waals surface area (Å²) < 4.78 is 6.66. The number of rotatable bonds is 8. The minimum atomic E-state index is 0.585. The fourth-order valence-corrected chi connectivity index (χ4v) is 7.40. The Balaban J connectivity index is 1.10. The second-order valence-electron chi connectivity index (χ2n) is 13.7. The molecule has 2 aromatic heterocycles. The molecule has 0 amide bonds. The van der Waals surface area contributed by atoms with Gasteiger partial charge in [0.2, 0.25) is 0 Å². The van der Waals surface area contributed by atoms with Gasteiger partial charge in [-0.2, -0.15) is 0 Å². The van der Waals surface area contributed by atoms with Crippen LogP contribution in [0.4, 0.5) is 17.1 Å². The van der Waals surface area contributed by atoms with Gasteiger partial charge in [0.1, 0.15) is 11.2 Å². The fourth-order valence-electron chi connectivity index (χ4n) is 7.40. The topological polar surface area (TPSA) is 55.1 Å². The van der Waals surface area contributed by atoms with E-state index in [9.17, 15) is 0 Å². The lowest BCUT2D eigenvalue weighted by Gasteiger charge is -2.26. The Hall–Kier alpha value is -7.63. The average Bonchev–Trinajstić information content (AvgIpc) is 3.66. The third kappa shape index (κ3) is 6.27. The highest BCUT2D eigenvalue weighted by atomic mass is 16.3. The molecule has 5 nitrogen and oxygen atoms in total. The second-order valence-corrected chi connectivity index (χ2v) is 13.7. The van der Waals surface area contributed by atoms with Gasteiger partial charge in [0.25, 0.3) is 0 Å². The molecule has 2 heterocycles. The Morgan fingerprint density at radius 3 is 1.48 bits per heavy atom. The van der Waals surface area contributed by atoms with Crippen LogP contribution in [0, 0.1) is 0 Å². The summed E-state index contributed by atoms with van der Waals surface area (Å²) in [6, 6.07) is 71.0. The zero-order valence-corrected chi connectivity index (χ0v) is 30.3. The summed E-state index contributed by atoms with van der Waals surface area (Å²) in [5, 5.41) is 1.95. The SMILES string of the molecule is c1ccc(-c2ccc(-c3nc(-c4ccccc4)nc(-c4cccc5oc6cc(N(c7ccccc7)c7cccc(-c8ccccc8)c7)ccc6c45)n3)cc2)cc1. The van der Waals surface area contributed by atoms with Crippen molar-refractivity contribution in [2.45, 2.75) is 0 Å². The van der Waals surface area contributed by atoms with Crippen LogP contribution in [0.1, 0.15) is 0 Å². The van der Waals surface area contributed by atoms with Gasteiger partial charge in [0.15, 0.2) is 17.5 Å². The summed E-state index contributed by atoms with van der Waals surface area (Å²) in [7, 11) is 0. The van der Waals surface area contributed by atoms with E-state index in [-0.39, 0.29) is 0 Å². The first-order valence-corrected chi connectivity index (χ1v) is 18.7. The predicted octanol–water partition coefficient (Wildman–Crippen LogP) is 13.6. The summed E-state index contributed by atoms with van der Waals surface area (Å²) in [6.45, 7) is 0. The highest BCUT2D eigenvalue weighted by Crippen LogP contribution is 2.42. The molecule has 0 unspecified atom stereocenters. The van der Waals surface area contributed by atoms with Crippen molar-refractivity contribution in [3.8, 4) is 56.4 Å². The van der Waals surface area contributed by atoms with E-state index >= 15 is 0 Å². The van der Waals surface area contributed by atoms with Crippen LogP contribution in [0.15, 0.2) is 211 Å². The van der Waals surface area contributed by atoms with Crippen molar-refractivity contribution in [1.29, 1.82) is 0 Å². The van der Waals surface area contributed by atoms with Gasteiger partial charge in [-0.15, -0.1) is 0 Å². The lowest BCUT2D eigenvalue weighted by molar-refractivity contribution is 0.669. The van der Waals surface area contributed by atoms with Crippen molar-refractivity contribution in [2.75, 3.05) is 4.90 Å². The van der Waals surface area contributed by atoms with Gasteiger partial charge in [0.05, 0.1) is 0 Å². The van der Waals surface area contributed by atoms with Gasteiger partial charge in [-0.3, -0.25) is 0 Å². The minimum absolute atomic E-state index is 0.585. The molecule has 0 aliphatic heterocycles. The maximum Gasteiger partial charge on any atom is 0.164 e. The van der Waals surface area contributed by atoms with Crippen molar-refractivity contribution in [2.24, 2.45) is 0 Å². The van der Waals surface area contributed by atoms with Crippen LogP contribution in [-0.2, 0) is 0 Å². The Kier molecular flexibility index (Phi) is 8.43. The van der Waals surface area contributed by atoms with Crippen molar-refractivity contribution in [1.82, 2.24) is 15.0 Å². The molecule has 10 aromatic rings. The molecule has 0 fully saturated rings. The van der Waals surface area contributed by atoms with Crippen molar-refractivity contribution in [3.63, 3.8) is 0 Å². The molecule has 10 rings (SSSR count). The smallest absolute Gasteiger partial charge is 0.164 e. The van der Waals surface area contributed by atoms with Gasteiger partial charge in [-0.1, -0.05) is 158 Å². The molecular weight excluding hydrogens is 685 g/mol. The number of para-hydroxylation sites is 1. The highest BCUT2D eigenvalue weighted by molar-refractivity contribution is 6.12. The normalized spacial score (nSPS) is 11.2. The maximum absolute atomic E-state index is 6.66. The number of fused-ring (bicyclic) bond motifs is 3. The number of hydrogen-bond acceptors (Lipinski definition) is 5. The van der Waals surface area contributed by atoms with E-state index in [0.29, 0.717) is 17.5 Å². The summed E-state index contributed by atoms with van der Waals surface area (Å²) >= 11 is 0. The third-order valence-corrected chi connectivity index (χ3v) is 10.1. The summed E-state index contributed by atoms with van der Waals surface area (Å²) in [5.41, 5.74) is 12.0. The minimum Gasteiger partial charge on any atom is -0.456 e. The number of furan rings is 1. The van der Waals surface area contributed by atoms with Gasteiger partial charge < -0.3 is 9.32 Å². The van der Waals surface area contributed by atoms with Crippen LogP contribution >= 0.6 is 0 Å². The summed E-state index contributed by atoms with van der Waals surface area (Å²) in [5.74, 6) is 1.81. The highest BCUT2D eigenvalue weighted by Gasteiger charge is 2.20. The first kappa shape index (κ1) is 33.0. The van der Waals surface area contributed by atoms with Crippen molar-refractivity contribution >= 4 is 39.0 Å².